The third-order valence-corrected chi connectivity index (χ3v) is 4.15. The van der Waals surface area contributed by atoms with E-state index in [-0.39, 0.29) is 0 Å². The zero-order valence-corrected chi connectivity index (χ0v) is 11.7. The average molecular weight is 269 g/mol. The number of aliphatic hydroxyl groups excluding tert-OH is 1. The van der Waals surface area contributed by atoms with Crippen molar-refractivity contribution in [1.82, 2.24) is 4.98 Å². The molecule has 96 valence electrons. The molecule has 0 aliphatic carbocycles. The Kier molecular flexibility index (Phi) is 3.09. The van der Waals surface area contributed by atoms with E-state index in [0.717, 1.165) is 27.2 Å². The lowest BCUT2D eigenvalue weighted by molar-refractivity contribution is 0.199. The summed E-state index contributed by atoms with van der Waals surface area (Å²) in [5.74, 6) is 0. The fraction of sp³-hybridized carbons (Fsp3) is 0.188. The number of nitrogens with zero attached hydrogens (tertiary/aromatic N) is 1. The van der Waals surface area contributed by atoms with Crippen LogP contribution in [0.4, 0.5) is 0 Å². The van der Waals surface area contributed by atoms with E-state index < -0.39 is 6.10 Å². The number of rotatable bonds is 2. The van der Waals surface area contributed by atoms with Crippen molar-refractivity contribution in [2.75, 3.05) is 0 Å². The van der Waals surface area contributed by atoms with Crippen molar-refractivity contribution in [3.8, 4) is 11.1 Å². The SMILES string of the molecule is Cc1nc2cc(-c3cccc(C(C)O)c3)ccc2s1. The second-order valence-corrected chi connectivity index (χ2v) is 5.95. The van der Waals surface area contributed by atoms with Crippen molar-refractivity contribution in [3.05, 3.63) is 53.0 Å². The van der Waals surface area contributed by atoms with Gasteiger partial charge in [-0.25, -0.2) is 4.98 Å². The average Bonchev–Trinajstić information content (AvgIpc) is 2.77. The summed E-state index contributed by atoms with van der Waals surface area (Å²) < 4.78 is 1.22. The molecule has 0 aliphatic heterocycles. The zero-order chi connectivity index (χ0) is 13.4. The van der Waals surface area contributed by atoms with Gasteiger partial charge in [0, 0.05) is 0 Å². The van der Waals surface area contributed by atoms with Crippen LogP contribution < -0.4 is 0 Å². The van der Waals surface area contributed by atoms with Gasteiger partial charge in [-0.3, -0.25) is 0 Å². The highest BCUT2D eigenvalue weighted by Gasteiger charge is 2.06. The summed E-state index contributed by atoms with van der Waals surface area (Å²) in [5, 5.41) is 10.7. The molecule has 1 aromatic heterocycles. The van der Waals surface area contributed by atoms with Crippen molar-refractivity contribution in [3.63, 3.8) is 0 Å². The van der Waals surface area contributed by atoms with Gasteiger partial charge >= 0.3 is 0 Å². The quantitative estimate of drug-likeness (QED) is 0.751. The third kappa shape index (κ3) is 2.39. The maximum absolute atomic E-state index is 9.66. The fourth-order valence-electron chi connectivity index (χ4n) is 2.20. The molecule has 0 aliphatic rings. The Balaban J connectivity index is 2.10. The molecule has 0 saturated carbocycles. The molecule has 1 N–H and O–H groups in total. The van der Waals surface area contributed by atoms with Crippen molar-refractivity contribution in [2.24, 2.45) is 0 Å². The minimum absolute atomic E-state index is 0.440. The van der Waals surface area contributed by atoms with E-state index in [1.165, 1.54) is 4.70 Å². The van der Waals surface area contributed by atoms with Gasteiger partial charge in [0.15, 0.2) is 0 Å². The smallest absolute Gasteiger partial charge is 0.0907 e. The van der Waals surface area contributed by atoms with Crippen LogP contribution in [0.5, 0.6) is 0 Å². The summed E-state index contributed by atoms with van der Waals surface area (Å²) in [5.41, 5.74) is 4.24. The Hall–Kier alpha value is -1.71. The second kappa shape index (κ2) is 4.76. The fourth-order valence-corrected chi connectivity index (χ4v) is 3.01. The van der Waals surface area contributed by atoms with Gasteiger partial charge in [-0.05, 0) is 48.7 Å². The van der Waals surface area contributed by atoms with Gasteiger partial charge in [-0.15, -0.1) is 11.3 Å². The molecule has 19 heavy (non-hydrogen) atoms. The Morgan fingerprint density at radius 3 is 2.68 bits per heavy atom. The first kappa shape index (κ1) is 12.3. The lowest BCUT2D eigenvalue weighted by atomic mass is 10.0. The number of hydrogen-bond donors (Lipinski definition) is 1. The van der Waals surface area contributed by atoms with Gasteiger partial charge in [0.1, 0.15) is 0 Å². The highest BCUT2D eigenvalue weighted by molar-refractivity contribution is 7.18. The molecular weight excluding hydrogens is 254 g/mol. The molecule has 1 unspecified atom stereocenters. The van der Waals surface area contributed by atoms with Crippen LogP contribution in [0, 0.1) is 6.92 Å². The zero-order valence-electron chi connectivity index (χ0n) is 10.9. The van der Waals surface area contributed by atoms with Crippen LogP contribution in [-0.4, -0.2) is 10.1 Å². The first-order chi connectivity index (χ1) is 9.13. The maximum atomic E-state index is 9.66. The molecule has 0 saturated heterocycles. The number of fused-ring (bicyclic) bond motifs is 1. The number of aromatic nitrogens is 1. The molecule has 3 heteroatoms. The topological polar surface area (TPSA) is 33.1 Å². The highest BCUT2D eigenvalue weighted by Crippen LogP contribution is 2.28. The van der Waals surface area contributed by atoms with Crippen LogP contribution >= 0.6 is 11.3 Å². The molecule has 1 heterocycles. The predicted octanol–water partition coefficient (Wildman–Crippen LogP) is 4.33. The summed E-state index contributed by atoms with van der Waals surface area (Å²) in [6.07, 6.45) is -0.440. The largest absolute Gasteiger partial charge is 0.389 e. The molecule has 1 atom stereocenters. The number of benzene rings is 2. The first-order valence-corrected chi connectivity index (χ1v) is 7.11. The molecule has 0 spiro atoms. The van der Waals surface area contributed by atoms with E-state index in [2.05, 4.69) is 29.2 Å². The van der Waals surface area contributed by atoms with Crippen LogP contribution in [0.25, 0.3) is 21.3 Å². The van der Waals surface area contributed by atoms with Crippen molar-refractivity contribution >= 4 is 21.6 Å². The second-order valence-electron chi connectivity index (χ2n) is 4.72. The van der Waals surface area contributed by atoms with Gasteiger partial charge in [0.2, 0.25) is 0 Å². The number of aliphatic hydroxyl groups is 1. The van der Waals surface area contributed by atoms with E-state index in [0.29, 0.717) is 0 Å². The number of aryl methyl sites for hydroxylation is 1. The molecule has 3 rings (SSSR count). The minimum Gasteiger partial charge on any atom is -0.389 e. The summed E-state index contributed by atoms with van der Waals surface area (Å²) in [7, 11) is 0. The number of thiazole rings is 1. The molecule has 3 aromatic rings. The monoisotopic (exact) mass is 269 g/mol. The van der Waals surface area contributed by atoms with Gasteiger partial charge in [0.25, 0.3) is 0 Å². The van der Waals surface area contributed by atoms with Crippen molar-refractivity contribution < 1.29 is 5.11 Å². The Bertz CT molecular complexity index is 730. The first-order valence-electron chi connectivity index (χ1n) is 6.29. The normalized spacial score (nSPS) is 12.8. The molecule has 0 fully saturated rings. The standard InChI is InChI=1S/C16H15NOS/c1-10(18)12-4-3-5-13(8-12)14-6-7-16-15(9-14)17-11(2)19-16/h3-10,18H,1-2H3. The van der Waals surface area contributed by atoms with E-state index in [9.17, 15) is 5.11 Å². The van der Waals surface area contributed by atoms with E-state index in [1.807, 2.05) is 25.1 Å². The molecule has 2 aromatic carbocycles. The van der Waals surface area contributed by atoms with Crippen molar-refractivity contribution in [2.45, 2.75) is 20.0 Å². The lowest BCUT2D eigenvalue weighted by Crippen LogP contribution is -1.90. The van der Waals surface area contributed by atoms with Gasteiger partial charge in [0.05, 0.1) is 21.3 Å². The molecule has 0 amide bonds. The summed E-state index contributed by atoms with van der Waals surface area (Å²) >= 11 is 1.71. The highest BCUT2D eigenvalue weighted by atomic mass is 32.1. The van der Waals surface area contributed by atoms with Crippen LogP contribution in [0.15, 0.2) is 42.5 Å². The number of hydrogen-bond acceptors (Lipinski definition) is 3. The van der Waals surface area contributed by atoms with E-state index in [1.54, 1.807) is 18.3 Å². The van der Waals surface area contributed by atoms with Crippen LogP contribution in [0.1, 0.15) is 23.6 Å². The Labute approximate surface area is 116 Å². The molecule has 2 nitrogen and oxygen atoms in total. The summed E-state index contributed by atoms with van der Waals surface area (Å²) in [4.78, 5) is 4.53. The minimum atomic E-state index is -0.440. The predicted molar refractivity (Wildman–Crippen MR) is 80.4 cm³/mol. The van der Waals surface area contributed by atoms with Crippen LogP contribution in [0.2, 0.25) is 0 Å². The molecular formula is C16H15NOS. The molecule has 0 bridgehead atoms. The van der Waals surface area contributed by atoms with E-state index >= 15 is 0 Å². The van der Waals surface area contributed by atoms with Crippen molar-refractivity contribution in [1.29, 1.82) is 0 Å². The van der Waals surface area contributed by atoms with Gasteiger partial charge in [-0.1, -0.05) is 24.3 Å². The summed E-state index contributed by atoms with van der Waals surface area (Å²) in [6, 6.07) is 14.4. The summed E-state index contributed by atoms with van der Waals surface area (Å²) in [6.45, 7) is 3.81. The Morgan fingerprint density at radius 2 is 1.89 bits per heavy atom. The Morgan fingerprint density at radius 1 is 1.11 bits per heavy atom. The van der Waals surface area contributed by atoms with Crippen LogP contribution in [-0.2, 0) is 0 Å². The van der Waals surface area contributed by atoms with Crippen LogP contribution in [0.3, 0.4) is 0 Å². The third-order valence-electron chi connectivity index (χ3n) is 3.20. The maximum Gasteiger partial charge on any atom is 0.0907 e. The van der Waals surface area contributed by atoms with E-state index in [4.69, 9.17) is 0 Å². The lowest BCUT2D eigenvalue weighted by Gasteiger charge is -2.07. The van der Waals surface area contributed by atoms with Gasteiger partial charge < -0.3 is 5.11 Å². The molecule has 0 radical (unpaired) electrons. The van der Waals surface area contributed by atoms with Gasteiger partial charge in [-0.2, -0.15) is 0 Å².